The van der Waals surface area contributed by atoms with Crippen molar-refractivity contribution in [2.24, 2.45) is 7.05 Å². The fourth-order valence-electron chi connectivity index (χ4n) is 4.33. The van der Waals surface area contributed by atoms with Gasteiger partial charge in [-0.15, -0.1) is 0 Å². The topological polar surface area (TPSA) is 136 Å². The lowest BCUT2D eigenvalue weighted by Gasteiger charge is -2.47. The molecule has 0 aromatic carbocycles. The Balaban J connectivity index is 1.41. The number of aryl methyl sites for hydroxylation is 1. The maximum absolute atomic E-state index is 12.6. The standard InChI is InChI=1S/C21H22N10OS/c1-28-9-14(8-25-28)17-11-30-18(4-7-24-30)19(26-17)16-10-31(27-20(16)23)21(5-6-22)12-29(13-21)33(32)15-2-3-15/h4,7-11,15H,2-3,5,12-13H2,1H3,(H2,23,27). The van der Waals surface area contributed by atoms with Crippen LogP contribution in [0, 0.1) is 11.3 Å². The van der Waals surface area contributed by atoms with Crippen molar-refractivity contribution in [2.75, 3.05) is 18.8 Å². The molecule has 0 bridgehead atoms. The first-order valence-electron chi connectivity index (χ1n) is 10.7. The number of nitrogens with zero attached hydrogens (tertiary/aromatic N) is 9. The first kappa shape index (κ1) is 20.1. The quantitative estimate of drug-likeness (QED) is 0.456. The van der Waals surface area contributed by atoms with E-state index in [9.17, 15) is 9.47 Å². The molecule has 2 fully saturated rings. The Hall–Kier alpha value is -3.56. The number of hydrogen-bond donors (Lipinski definition) is 1. The summed E-state index contributed by atoms with van der Waals surface area (Å²) in [6.07, 6.45) is 11.3. The van der Waals surface area contributed by atoms with Gasteiger partial charge in [-0.2, -0.15) is 20.6 Å². The van der Waals surface area contributed by atoms with Gasteiger partial charge in [0.2, 0.25) is 0 Å². The first-order chi connectivity index (χ1) is 16.0. The summed E-state index contributed by atoms with van der Waals surface area (Å²) in [5.41, 5.74) is 9.52. The molecule has 33 heavy (non-hydrogen) atoms. The number of hydrogen-bond acceptors (Lipinski definition) is 7. The van der Waals surface area contributed by atoms with Gasteiger partial charge in [-0.3, -0.25) is 9.36 Å². The number of fused-ring (bicyclic) bond motifs is 1. The van der Waals surface area contributed by atoms with Crippen molar-refractivity contribution in [2.45, 2.75) is 30.1 Å². The number of nitrogens with two attached hydrogens (primary N) is 1. The number of anilines is 1. The van der Waals surface area contributed by atoms with Gasteiger partial charge in [0.05, 0.1) is 58.8 Å². The van der Waals surface area contributed by atoms with Crippen molar-refractivity contribution < 1.29 is 4.21 Å². The molecule has 6 rings (SSSR count). The molecule has 12 heteroatoms. The van der Waals surface area contributed by atoms with Crippen LogP contribution in [0.25, 0.3) is 28.0 Å². The molecule has 2 N–H and O–H groups in total. The van der Waals surface area contributed by atoms with Crippen LogP contribution >= 0.6 is 0 Å². The average molecular weight is 463 g/mol. The summed E-state index contributed by atoms with van der Waals surface area (Å²) in [6, 6.07) is 4.15. The van der Waals surface area contributed by atoms with Crippen LogP contribution in [0.2, 0.25) is 0 Å². The molecule has 0 amide bonds. The summed E-state index contributed by atoms with van der Waals surface area (Å²) in [5.74, 6) is 0.327. The molecule has 168 valence electrons. The monoisotopic (exact) mass is 462 g/mol. The fraction of sp³-hybridized carbons (Fsp3) is 0.381. The maximum Gasteiger partial charge on any atom is 0.155 e. The molecule has 4 aromatic rings. The zero-order valence-electron chi connectivity index (χ0n) is 18.0. The molecule has 2 aliphatic rings. The number of nitriles is 1. The summed E-state index contributed by atoms with van der Waals surface area (Å²) in [7, 11) is 0.860. The van der Waals surface area contributed by atoms with Gasteiger partial charge in [-0.25, -0.2) is 18.0 Å². The highest BCUT2D eigenvalue weighted by molar-refractivity contribution is 7.83. The number of aromatic nitrogens is 7. The Morgan fingerprint density at radius 3 is 2.79 bits per heavy atom. The molecule has 0 radical (unpaired) electrons. The predicted octanol–water partition coefficient (Wildman–Crippen LogP) is 1.33. The summed E-state index contributed by atoms with van der Waals surface area (Å²) >= 11 is 0. The highest BCUT2D eigenvalue weighted by Crippen LogP contribution is 2.40. The van der Waals surface area contributed by atoms with E-state index in [1.165, 1.54) is 0 Å². The maximum atomic E-state index is 12.6. The molecule has 1 aliphatic carbocycles. The Morgan fingerprint density at radius 1 is 1.27 bits per heavy atom. The van der Waals surface area contributed by atoms with Crippen LogP contribution in [0.4, 0.5) is 5.82 Å². The lowest BCUT2D eigenvalue weighted by molar-refractivity contribution is 0.0766. The molecule has 1 saturated carbocycles. The number of nitrogen functional groups attached to an aromatic ring is 1. The van der Waals surface area contributed by atoms with E-state index < -0.39 is 16.5 Å². The first-order valence-corrected chi connectivity index (χ1v) is 11.9. The van der Waals surface area contributed by atoms with E-state index in [1.54, 1.807) is 26.3 Å². The van der Waals surface area contributed by atoms with E-state index >= 15 is 0 Å². The molecular formula is C21H22N10OS. The number of rotatable bonds is 6. The zero-order valence-corrected chi connectivity index (χ0v) is 18.8. The Morgan fingerprint density at radius 2 is 2.09 bits per heavy atom. The molecule has 11 nitrogen and oxygen atoms in total. The minimum absolute atomic E-state index is 0.261. The third-order valence-corrected chi connectivity index (χ3v) is 8.10. The fourth-order valence-corrected chi connectivity index (χ4v) is 6.03. The third kappa shape index (κ3) is 3.23. The van der Waals surface area contributed by atoms with Gasteiger partial charge >= 0.3 is 0 Å². The minimum atomic E-state index is -0.993. The van der Waals surface area contributed by atoms with Gasteiger partial charge in [0, 0.05) is 43.3 Å². The van der Waals surface area contributed by atoms with Crippen LogP contribution in [0.15, 0.2) is 37.1 Å². The van der Waals surface area contributed by atoms with Gasteiger partial charge in [-0.1, -0.05) is 0 Å². The van der Waals surface area contributed by atoms with Crippen molar-refractivity contribution in [1.29, 1.82) is 5.26 Å². The van der Waals surface area contributed by atoms with Crippen LogP contribution in [0.1, 0.15) is 19.3 Å². The smallest absolute Gasteiger partial charge is 0.155 e. The van der Waals surface area contributed by atoms with Crippen molar-refractivity contribution in [3.8, 4) is 28.6 Å². The summed E-state index contributed by atoms with van der Waals surface area (Å²) in [4.78, 5) is 4.88. The van der Waals surface area contributed by atoms with E-state index in [2.05, 4.69) is 21.4 Å². The summed E-state index contributed by atoms with van der Waals surface area (Å²) in [5, 5.41) is 23.0. The second-order valence-electron chi connectivity index (χ2n) is 8.74. The molecular weight excluding hydrogens is 440 g/mol. The Kier molecular flexibility index (Phi) is 4.40. The second-order valence-corrected chi connectivity index (χ2v) is 10.5. The Labute approximate surface area is 192 Å². The second kappa shape index (κ2) is 7.23. The van der Waals surface area contributed by atoms with Gasteiger partial charge in [0.25, 0.3) is 0 Å². The highest BCUT2D eigenvalue weighted by Gasteiger charge is 2.50. The van der Waals surface area contributed by atoms with Crippen molar-refractivity contribution in [1.82, 2.24) is 38.5 Å². The Bertz CT molecular complexity index is 1430. The van der Waals surface area contributed by atoms with Crippen LogP contribution in [0.5, 0.6) is 0 Å². The third-order valence-electron chi connectivity index (χ3n) is 6.29. The van der Waals surface area contributed by atoms with Gasteiger partial charge < -0.3 is 5.73 Å². The average Bonchev–Trinajstić information content (AvgIpc) is 3.15. The van der Waals surface area contributed by atoms with Crippen LogP contribution in [0.3, 0.4) is 0 Å². The SMILES string of the molecule is Cn1cc(-c2cn3nccc3c(-c3cn(C4(CC#N)CN(S(=O)C5CC5)C4)nc3N)n2)cn1. The minimum Gasteiger partial charge on any atom is -0.382 e. The highest BCUT2D eigenvalue weighted by atomic mass is 32.2. The van der Waals surface area contributed by atoms with E-state index in [0.717, 1.165) is 23.9 Å². The lowest BCUT2D eigenvalue weighted by Crippen LogP contribution is -2.63. The van der Waals surface area contributed by atoms with Crippen LogP contribution in [-0.2, 0) is 23.6 Å². The van der Waals surface area contributed by atoms with Crippen molar-refractivity contribution in [3.63, 3.8) is 0 Å². The summed E-state index contributed by atoms with van der Waals surface area (Å²) in [6.45, 7) is 1.02. The van der Waals surface area contributed by atoms with Gasteiger partial charge in [0.1, 0.15) is 11.2 Å². The lowest BCUT2D eigenvalue weighted by atomic mass is 9.89. The molecule has 0 spiro atoms. The molecule has 1 aliphatic heterocycles. The predicted molar refractivity (Wildman–Crippen MR) is 122 cm³/mol. The largest absolute Gasteiger partial charge is 0.382 e. The van der Waals surface area contributed by atoms with Crippen molar-refractivity contribution >= 4 is 22.3 Å². The van der Waals surface area contributed by atoms with Gasteiger partial charge in [0.15, 0.2) is 5.82 Å². The molecule has 4 aromatic heterocycles. The molecule has 1 saturated heterocycles. The van der Waals surface area contributed by atoms with E-state index in [1.807, 2.05) is 36.0 Å². The van der Waals surface area contributed by atoms with Gasteiger partial charge in [-0.05, 0) is 18.9 Å². The molecule has 1 unspecified atom stereocenters. The van der Waals surface area contributed by atoms with Crippen LogP contribution in [-0.4, -0.2) is 61.0 Å². The molecule has 5 heterocycles. The van der Waals surface area contributed by atoms with Crippen molar-refractivity contribution in [3.05, 3.63) is 37.1 Å². The van der Waals surface area contributed by atoms with E-state index in [4.69, 9.17) is 10.7 Å². The van der Waals surface area contributed by atoms with E-state index in [-0.39, 0.29) is 11.7 Å². The normalized spacial score (nSPS) is 18.8. The van der Waals surface area contributed by atoms with Crippen LogP contribution < -0.4 is 5.73 Å². The zero-order chi connectivity index (χ0) is 22.7. The van der Waals surface area contributed by atoms with E-state index in [0.29, 0.717) is 35.9 Å². The summed E-state index contributed by atoms with van der Waals surface area (Å²) < 4.78 is 19.8. The molecule has 1 atom stereocenters.